The van der Waals surface area contributed by atoms with Gasteiger partial charge in [-0.2, -0.15) is 0 Å². The summed E-state index contributed by atoms with van der Waals surface area (Å²) in [4.78, 5) is 0. The Morgan fingerprint density at radius 2 is 1.87 bits per heavy atom. The fourth-order valence-electron chi connectivity index (χ4n) is 1.36. The van der Waals surface area contributed by atoms with Crippen LogP contribution >= 0.6 is 0 Å². The van der Waals surface area contributed by atoms with E-state index < -0.39 is 15.4 Å². The second-order valence-corrected chi connectivity index (χ2v) is 11.0. The van der Waals surface area contributed by atoms with Crippen molar-refractivity contribution >= 4 is 15.4 Å². The first kappa shape index (κ1) is 13.2. The van der Waals surface area contributed by atoms with Crippen molar-refractivity contribution in [1.82, 2.24) is 0 Å². The second kappa shape index (κ2) is 4.20. The average molecular weight is 230 g/mol. The summed E-state index contributed by atoms with van der Waals surface area (Å²) in [6.07, 6.45) is 0.895. The van der Waals surface area contributed by atoms with E-state index in [4.69, 9.17) is 14.5 Å². The normalized spacial score (nSPS) is 26.6. The zero-order chi connectivity index (χ0) is 11.9. The molecule has 1 saturated carbocycles. The van der Waals surface area contributed by atoms with E-state index >= 15 is 0 Å². The molecule has 1 aliphatic rings. The zero-order valence-corrected chi connectivity index (χ0v) is 11.4. The van der Waals surface area contributed by atoms with E-state index in [1.807, 2.05) is 0 Å². The Kier molecular flexibility index (Phi) is 3.71. The van der Waals surface area contributed by atoms with Gasteiger partial charge in [-0.25, -0.2) is 0 Å². The van der Waals surface area contributed by atoms with Crippen molar-refractivity contribution in [3.05, 3.63) is 0 Å². The van der Waals surface area contributed by atoms with Crippen LogP contribution in [-0.2, 0) is 4.43 Å². The molecule has 0 aromatic carbocycles. The minimum atomic E-state index is -1.66. The van der Waals surface area contributed by atoms with Crippen molar-refractivity contribution in [3.8, 4) is 0 Å². The molecule has 15 heavy (non-hydrogen) atoms. The van der Waals surface area contributed by atoms with Crippen LogP contribution < -0.4 is 0 Å². The van der Waals surface area contributed by atoms with Gasteiger partial charge >= 0.3 is 7.12 Å². The lowest BCUT2D eigenvalue weighted by Gasteiger charge is -2.36. The summed E-state index contributed by atoms with van der Waals surface area (Å²) >= 11 is 0. The van der Waals surface area contributed by atoms with Crippen molar-refractivity contribution in [3.63, 3.8) is 0 Å². The Morgan fingerprint density at radius 1 is 1.33 bits per heavy atom. The summed E-state index contributed by atoms with van der Waals surface area (Å²) in [5.74, 6) is 0.411. The molecule has 0 amide bonds. The van der Waals surface area contributed by atoms with Crippen molar-refractivity contribution in [2.24, 2.45) is 5.92 Å². The maximum absolute atomic E-state index is 8.96. The van der Waals surface area contributed by atoms with E-state index in [2.05, 4.69) is 33.9 Å². The second-order valence-electron chi connectivity index (χ2n) is 6.14. The predicted molar refractivity (Wildman–Crippen MR) is 65.2 cm³/mol. The van der Waals surface area contributed by atoms with Crippen LogP contribution in [-0.4, -0.2) is 32.1 Å². The fraction of sp³-hybridized carbons (Fsp3) is 1.00. The topological polar surface area (TPSA) is 49.7 Å². The molecule has 3 nitrogen and oxygen atoms in total. The Labute approximate surface area is 94.1 Å². The lowest BCUT2D eigenvalue weighted by molar-refractivity contribution is 0.269. The van der Waals surface area contributed by atoms with Gasteiger partial charge in [-0.05, 0) is 36.3 Å². The Balaban J connectivity index is 2.33. The van der Waals surface area contributed by atoms with Gasteiger partial charge in [0.05, 0.1) is 0 Å². The maximum Gasteiger partial charge on any atom is 0.455 e. The van der Waals surface area contributed by atoms with Gasteiger partial charge in [0.1, 0.15) is 0 Å². The molecule has 2 unspecified atom stereocenters. The first-order valence-corrected chi connectivity index (χ1v) is 8.56. The van der Waals surface area contributed by atoms with Gasteiger partial charge < -0.3 is 14.5 Å². The monoisotopic (exact) mass is 230 g/mol. The molecule has 0 saturated heterocycles. The highest BCUT2D eigenvalue weighted by atomic mass is 28.4. The SMILES string of the molecule is CC(C)(C)[Si](C)(C)OCC1CC1B(O)O. The minimum Gasteiger partial charge on any atom is -0.427 e. The van der Waals surface area contributed by atoms with Crippen molar-refractivity contribution < 1.29 is 14.5 Å². The fourth-order valence-corrected chi connectivity index (χ4v) is 2.42. The van der Waals surface area contributed by atoms with Gasteiger partial charge in [0.25, 0.3) is 0 Å². The third-order valence-electron chi connectivity index (χ3n) is 3.82. The smallest absolute Gasteiger partial charge is 0.427 e. The van der Waals surface area contributed by atoms with Crippen LogP contribution in [0.15, 0.2) is 0 Å². The van der Waals surface area contributed by atoms with Crippen LogP contribution in [0, 0.1) is 5.92 Å². The van der Waals surface area contributed by atoms with Gasteiger partial charge in [-0.15, -0.1) is 0 Å². The molecule has 0 heterocycles. The molecule has 0 aromatic rings. The Morgan fingerprint density at radius 3 is 2.20 bits per heavy atom. The van der Waals surface area contributed by atoms with Crippen molar-refractivity contribution in [1.29, 1.82) is 0 Å². The lowest BCUT2D eigenvalue weighted by Crippen LogP contribution is -2.41. The zero-order valence-electron chi connectivity index (χ0n) is 10.4. The molecule has 1 fully saturated rings. The number of hydrogen-bond donors (Lipinski definition) is 2. The van der Waals surface area contributed by atoms with Crippen molar-refractivity contribution in [2.45, 2.75) is 51.1 Å². The molecule has 0 aromatic heterocycles. The van der Waals surface area contributed by atoms with Crippen LogP contribution in [0.1, 0.15) is 27.2 Å². The predicted octanol–water partition coefficient (Wildman–Crippen LogP) is 1.87. The summed E-state index contributed by atoms with van der Waals surface area (Å²) in [6, 6.07) is 0. The summed E-state index contributed by atoms with van der Waals surface area (Å²) in [5.41, 5.74) is 0. The highest BCUT2D eigenvalue weighted by Gasteiger charge is 2.47. The Bertz CT molecular complexity index is 225. The van der Waals surface area contributed by atoms with Crippen LogP contribution in [0.3, 0.4) is 0 Å². The average Bonchev–Trinajstić information content (AvgIpc) is 2.77. The molecular formula is C10H23BO3Si. The third kappa shape index (κ3) is 3.31. The quantitative estimate of drug-likeness (QED) is 0.725. The van der Waals surface area contributed by atoms with Gasteiger partial charge in [0.15, 0.2) is 8.32 Å². The third-order valence-corrected chi connectivity index (χ3v) is 8.33. The van der Waals surface area contributed by atoms with Gasteiger partial charge in [0, 0.05) is 6.61 Å². The van der Waals surface area contributed by atoms with Gasteiger partial charge in [-0.1, -0.05) is 20.8 Å². The number of rotatable bonds is 4. The van der Waals surface area contributed by atoms with E-state index in [1.54, 1.807) is 0 Å². The van der Waals surface area contributed by atoms with Crippen molar-refractivity contribution in [2.75, 3.05) is 6.61 Å². The summed E-state index contributed by atoms with van der Waals surface area (Å²) < 4.78 is 6.01. The standard InChI is InChI=1S/C10H23BO3Si/c1-10(2,3)15(4,5)14-7-8-6-9(8)11(12)13/h8-9,12-13H,6-7H2,1-5H3. The highest BCUT2D eigenvalue weighted by Crippen LogP contribution is 2.47. The van der Waals surface area contributed by atoms with Crippen LogP contribution in [0.2, 0.25) is 23.9 Å². The summed E-state index contributed by atoms with van der Waals surface area (Å²) in [5, 5.41) is 18.2. The first-order valence-electron chi connectivity index (χ1n) is 5.65. The van der Waals surface area contributed by atoms with E-state index in [1.165, 1.54) is 0 Å². The molecule has 2 N–H and O–H groups in total. The summed E-state index contributed by atoms with van der Waals surface area (Å²) in [6.45, 7) is 11.8. The Hall–Kier alpha value is 0.162. The molecule has 1 rings (SSSR count). The van der Waals surface area contributed by atoms with E-state index in [9.17, 15) is 0 Å². The van der Waals surface area contributed by atoms with Gasteiger partial charge in [-0.3, -0.25) is 0 Å². The van der Waals surface area contributed by atoms with Crippen LogP contribution in [0.25, 0.3) is 0 Å². The molecule has 0 bridgehead atoms. The molecule has 1 aliphatic carbocycles. The number of hydrogen-bond acceptors (Lipinski definition) is 3. The minimum absolute atomic E-state index is 0.0507. The molecule has 2 atom stereocenters. The van der Waals surface area contributed by atoms with Crippen LogP contribution in [0.5, 0.6) is 0 Å². The molecule has 0 spiro atoms. The first-order chi connectivity index (χ1) is 6.65. The molecule has 5 heteroatoms. The maximum atomic E-state index is 8.96. The summed E-state index contributed by atoms with van der Waals surface area (Å²) in [7, 11) is -2.81. The molecule has 0 radical (unpaired) electrons. The van der Waals surface area contributed by atoms with Gasteiger partial charge in [0.2, 0.25) is 0 Å². The molecule has 88 valence electrons. The van der Waals surface area contributed by atoms with E-state index in [0.29, 0.717) is 12.5 Å². The lowest BCUT2D eigenvalue weighted by atomic mass is 9.82. The van der Waals surface area contributed by atoms with E-state index in [-0.39, 0.29) is 10.9 Å². The largest absolute Gasteiger partial charge is 0.455 e. The molecular weight excluding hydrogens is 207 g/mol. The van der Waals surface area contributed by atoms with E-state index in [0.717, 1.165) is 6.42 Å². The highest BCUT2D eigenvalue weighted by molar-refractivity contribution is 6.74. The van der Waals surface area contributed by atoms with Crippen LogP contribution in [0.4, 0.5) is 0 Å². The molecule has 0 aliphatic heterocycles.